The molecule has 19 heavy (non-hydrogen) atoms. The van der Waals surface area contributed by atoms with Crippen LogP contribution in [0.3, 0.4) is 0 Å². The molecular formula is C15H12BrFO2. The third-order valence-electron chi connectivity index (χ3n) is 2.61. The predicted molar refractivity (Wildman–Crippen MR) is 75.1 cm³/mol. The average Bonchev–Trinajstić information content (AvgIpc) is 2.42. The molecule has 0 unspecified atom stereocenters. The van der Waals surface area contributed by atoms with Crippen LogP contribution >= 0.6 is 15.9 Å². The Hall–Kier alpha value is -1.68. The van der Waals surface area contributed by atoms with E-state index in [-0.39, 0.29) is 5.78 Å². The number of carbonyl (C=O) groups is 1. The molecule has 0 bridgehead atoms. The van der Waals surface area contributed by atoms with Crippen LogP contribution in [0.1, 0.15) is 22.8 Å². The average molecular weight is 323 g/mol. The maximum Gasteiger partial charge on any atom is 0.196 e. The quantitative estimate of drug-likeness (QED) is 0.788. The van der Waals surface area contributed by atoms with Crippen molar-refractivity contribution in [3.63, 3.8) is 0 Å². The molecule has 0 aliphatic carbocycles. The highest BCUT2D eigenvalue weighted by Gasteiger charge is 2.15. The molecule has 2 aromatic rings. The van der Waals surface area contributed by atoms with E-state index in [2.05, 4.69) is 15.9 Å². The third kappa shape index (κ3) is 3.01. The van der Waals surface area contributed by atoms with Crippen molar-refractivity contribution in [1.29, 1.82) is 0 Å². The highest BCUT2D eigenvalue weighted by molar-refractivity contribution is 9.10. The Balaban J connectivity index is 2.41. The van der Waals surface area contributed by atoms with E-state index < -0.39 is 5.82 Å². The van der Waals surface area contributed by atoms with E-state index in [0.29, 0.717) is 28.0 Å². The molecule has 0 fully saturated rings. The summed E-state index contributed by atoms with van der Waals surface area (Å²) < 4.78 is 19.2. The minimum absolute atomic E-state index is 0.254. The zero-order chi connectivity index (χ0) is 13.8. The second-order valence-electron chi connectivity index (χ2n) is 3.89. The summed E-state index contributed by atoms with van der Waals surface area (Å²) in [5.74, 6) is -0.200. The van der Waals surface area contributed by atoms with E-state index in [4.69, 9.17) is 4.74 Å². The predicted octanol–water partition coefficient (Wildman–Crippen LogP) is 4.22. The van der Waals surface area contributed by atoms with Crippen LogP contribution < -0.4 is 4.74 Å². The van der Waals surface area contributed by atoms with Gasteiger partial charge in [-0.25, -0.2) is 4.39 Å². The Morgan fingerprint density at radius 2 is 2.00 bits per heavy atom. The number of benzene rings is 2. The van der Waals surface area contributed by atoms with Gasteiger partial charge in [0.2, 0.25) is 0 Å². The molecule has 0 spiro atoms. The van der Waals surface area contributed by atoms with E-state index in [1.54, 1.807) is 30.3 Å². The number of carbonyl (C=O) groups excluding carboxylic acids is 1. The normalized spacial score (nSPS) is 10.3. The van der Waals surface area contributed by atoms with Crippen molar-refractivity contribution in [2.24, 2.45) is 0 Å². The van der Waals surface area contributed by atoms with Crippen LogP contribution in [0.5, 0.6) is 5.75 Å². The first kappa shape index (κ1) is 13.7. The lowest BCUT2D eigenvalue weighted by Crippen LogP contribution is -2.05. The number of ether oxygens (including phenoxy) is 1. The number of rotatable bonds is 4. The molecule has 4 heteroatoms. The van der Waals surface area contributed by atoms with Crippen molar-refractivity contribution in [1.82, 2.24) is 0 Å². The summed E-state index contributed by atoms with van der Waals surface area (Å²) in [5, 5.41) is 0. The van der Waals surface area contributed by atoms with Crippen molar-refractivity contribution in [3.05, 3.63) is 63.9 Å². The van der Waals surface area contributed by atoms with Crippen LogP contribution in [0, 0.1) is 5.82 Å². The highest BCUT2D eigenvalue weighted by Crippen LogP contribution is 2.23. The third-order valence-corrected chi connectivity index (χ3v) is 3.26. The van der Waals surface area contributed by atoms with Gasteiger partial charge in [0.15, 0.2) is 5.78 Å². The van der Waals surface area contributed by atoms with Crippen LogP contribution in [0.25, 0.3) is 0 Å². The van der Waals surface area contributed by atoms with E-state index in [1.807, 2.05) is 6.92 Å². The summed E-state index contributed by atoms with van der Waals surface area (Å²) in [6.07, 6.45) is 0. The van der Waals surface area contributed by atoms with Crippen LogP contribution in [0.15, 0.2) is 46.9 Å². The Bertz CT molecular complexity index is 611. The molecule has 0 atom stereocenters. The first-order chi connectivity index (χ1) is 9.13. The van der Waals surface area contributed by atoms with Gasteiger partial charge in [-0.2, -0.15) is 0 Å². The minimum atomic E-state index is -0.459. The Kier molecular flexibility index (Phi) is 4.32. The first-order valence-corrected chi connectivity index (χ1v) is 6.64. The van der Waals surface area contributed by atoms with Gasteiger partial charge in [0.25, 0.3) is 0 Å². The fourth-order valence-corrected chi connectivity index (χ4v) is 1.98. The lowest BCUT2D eigenvalue weighted by Gasteiger charge is -2.09. The molecule has 0 saturated carbocycles. The largest absolute Gasteiger partial charge is 0.493 e. The summed E-state index contributed by atoms with van der Waals surface area (Å²) in [6.45, 7) is 2.32. The number of hydrogen-bond acceptors (Lipinski definition) is 2. The molecule has 0 amide bonds. The van der Waals surface area contributed by atoms with Gasteiger partial charge < -0.3 is 4.74 Å². The van der Waals surface area contributed by atoms with Gasteiger partial charge in [-0.3, -0.25) is 4.79 Å². The fraction of sp³-hybridized carbons (Fsp3) is 0.133. The molecule has 0 saturated heterocycles. The van der Waals surface area contributed by atoms with Crippen molar-refractivity contribution in [2.45, 2.75) is 6.92 Å². The summed E-state index contributed by atoms with van der Waals surface area (Å²) in [7, 11) is 0. The molecule has 0 heterocycles. The molecular weight excluding hydrogens is 311 g/mol. The molecule has 98 valence electrons. The van der Waals surface area contributed by atoms with Crippen molar-refractivity contribution >= 4 is 21.7 Å². The van der Waals surface area contributed by atoms with E-state index in [9.17, 15) is 9.18 Å². The van der Waals surface area contributed by atoms with Crippen LogP contribution in [0.2, 0.25) is 0 Å². The van der Waals surface area contributed by atoms with E-state index in [0.717, 1.165) is 0 Å². The topological polar surface area (TPSA) is 26.3 Å². The SMILES string of the molecule is CCOc1ccccc1C(=O)c1ccc(Br)c(F)c1. The summed E-state index contributed by atoms with van der Waals surface area (Å²) in [5.41, 5.74) is 0.735. The van der Waals surface area contributed by atoms with Gasteiger partial charge in [0, 0.05) is 5.56 Å². The summed E-state index contributed by atoms with van der Waals surface area (Å²) in [4.78, 5) is 12.3. The van der Waals surface area contributed by atoms with Gasteiger partial charge in [0.1, 0.15) is 11.6 Å². The molecule has 0 aromatic heterocycles. The van der Waals surface area contributed by atoms with Crippen LogP contribution in [0.4, 0.5) is 4.39 Å². The van der Waals surface area contributed by atoms with Gasteiger partial charge in [-0.05, 0) is 53.2 Å². The van der Waals surface area contributed by atoms with Gasteiger partial charge in [0.05, 0.1) is 16.6 Å². The van der Waals surface area contributed by atoms with Crippen molar-refractivity contribution < 1.29 is 13.9 Å². The molecule has 2 nitrogen and oxygen atoms in total. The molecule has 0 aliphatic rings. The number of para-hydroxylation sites is 1. The smallest absolute Gasteiger partial charge is 0.196 e. The summed E-state index contributed by atoms with van der Waals surface area (Å²) >= 11 is 3.06. The fourth-order valence-electron chi connectivity index (χ4n) is 1.73. The maximum absolute atomic E-state index is 13.5. The van der Waals surface area contributed by atoms with Gasteiger partial charge >= 0.3 is 0 Å². The second-order valence-corrected chi connectivity index (χ2v) is 4.74. The number of hydrogen-bond donors (Lipinski definition) is 0. The molecule has 0 N–H and O–H groups in total. The van der Waals surface area contributed by atoms with E-state index >= 15 is 0 Å². The van der Waals surface area contributed by atoms with Crippen LogP contribution in [-0.2, 0) is 0 Å². The van der Waals surface area contributed by atoms with Crippen LogP contribution in [-0.4, -0.2) is 12.4 Å². The standard InChI is InChI=1S/C15H12BrFO2/c1-2-19-14-6-4-3-5-11(14)15(18)10-7-8-12(16)13(17)9-10/h3-9H,2H2,1H3. The molecule has 2 rings (SSSR count). The lowest BCUT2D eigenvalue weighted by atomic mass is 10.0. The minimum Gasteiger partial charge on any atom is -0.493 e. The first-order valence-electron chi connectivity index (χ1n) is 5.85. The maximum atomic E-state index is 13.5. The number of halogens is 2. The zero-order valence-electron chi connectivity index (χ0n) is 10.3. The highest BCUT2D eigenvalue weighted by atomic mass is 79.9. The van der Waals surface area contributed by atoms with Gasteiger partial charge in [-0.1, -0.05) is 12.1 Å². The molecule has 0 aliphatic heterocycles. The van der Waals surface area contributed by atoms with E-state index in [1.165, 1.54) is 12.1 Å². The Morgan fingerprint density at radius 1 is 1.26 bits per heavy atom. The monoisotopic (exact) mass is 322 g/mol. The Morgan fingerprint density at radius 3 is 2.68 bits per heavy atom. The lowest BCUT2D eigenvalue weighted by molar-refractivity contribution is 0.103. The number of ketones is 1. The Labute approximate surface area is 119 Å². The van der Waals surface area contributed by atoms with Crippen molar-refractivity contribution in [3.8, 4) is 5.75 Å². The summed E-state index contributed by atoms with van der Waals surface area (Å²) in [6, 6.07) is 11.3. The van der Waals surface area contributed by atoms with Crippen molar-refractivity contribution in [2.75, 3.05) is 6.61 Å². The van der Waals surface area contributed by atoms with Gasteiger partial charge in [-0.15, -0.1) is 0 Å². The molecule has 0 radical (unpaired) electrons. The molecule has 2 aromatic carbocycles. The zero-order valence-corrected chi connectivity index (χ0v) is 11.9. The second kappa shape index (κ2) is 5.97.